The Morgan fingerprint density at radius 2 is 1.63 bits per heavy atom. The maximum atomic E-state index is 14.0. The molecule has 0 saturated carbocycles. The molecule has 1 spiro atoms. The average Bonchev–Trinajstić information content (AvgIpc) is 3.51. The number of hydrogen-bond acceptors (Lipinski definition) is 4. The van der Waals surface area contributed by atoms with E-state index in [4.69, 9.17) is 0 Å². The summed E-state index contributed by atoms with van der Waals surface area (Å²) >= 11 is 0. The Labute approximate surface area is 222 Å². The molecule has 196 valence electrons. The molecule has 2 unspecified atom stereocenters. The van der Waals surface area contributed by atoms with Gasteiger partial charge in [-0.3, -0.25) is 14.5 Å². The van der Waals surface area contributed by atoms with Gasteiger partial charge in [-0.2, -0.15) is 0 Å². The summed E-state index contributed by atoms with van der Waals surface area (Å²) in [5, 5.41) is 12.9. The number of hydrogen-bond donors (Lipinski definition) is 2. The number of halogens is 1. The maximum absolute atomic E-state index is 14.0. The molecular formula is C31H32FN3O3. The number of fused-ring (bicyclic) bond motifs is 1. The van der Waals surface area contributed by atoms with E-state index in [1.807, 2.05) is 42.5 Å². The minimum absolute atomic E-state index is 0.00967. The van der Waals surface area contributed by atoms with Gasteiger partial charge in [-0.05, 0) is 66.6 Å². The van der Waals surface area contributed by atoms with Crippen molar-refractivity contribution in [2.75, 3.05) is 6.54 Å². The summed E-state index contributed by atoms with van der Waals surface area (Å²) in [5.74, 6) is -0.478. The van der Waals surface area contributed by atoms with Crippen molar-refractivity contribution in [3.8, 4) is 5.75 Å². The smallest absolute Gasteiger partial charge is 0.244 e. The van der Waals surface area contributed by atoms with E-state index in [1.165, 1.54) is 12.1 Å². The second kappa shape index (κ2) is 9.87. The summed E-state index contributed by atoms with van der Waals surface area (Å²) in [5.41, 5.74) is 2.40. The van der Waals surface area contributed by atoms with E-state index >= 15 is 0 Å². The van der Waals surface area contributed by atoms with E-state index < -0.39 is 11.6 Å². The molecule has 3 aliphatic rings. The van der Waals surface area contributed by atoms with Crippen LogP contribution in [0.1, 0.15) is 36.0 Å². The third-order valence-electron chi connectivity index (χ3n) is 8.69. The molecule has 0 radical (unpaired) electrons. The van der Waals surface area contributed by atoms with Gasteiger partial charge < -0.3 is 15.3 Å². The van der Waals surface area contributed by atoms with Crippen LogP contribution in [0.5, 0.6) is 5.75 Å². The van der Waals surface area contributed by atoms with E-state index in [1.54, 1.807) is 29.2 Å². The van der Waals surface area contributed by atoms with Crippen LogP contribution in [0.4, 0.5) is 4.39 Å². The maximum Gasteiger partial charge on any atom is 0.244 e. The number of rotatable bonds is 8. The number of nitrogens with zero attached hydrogens (tertiary/aromatic N) is 2. The average molecular weight is 514 g/mol. The van der Waals surface area contributed by atoms with Crippen molar-refractivity contribution in [3.63, 3.8) is 0 Å². The van der Waals surface area contributed by atoms with E-state index in [0.717, 1.165) is 36.0 Å². The van der Waals surface area contributed by atoms with Gasteiger partial charge in [0.15, 0.2) is 0 Å². The van der Waals surface area contributed by atoms with E-state index in [0.29, 0.717) is 19.5 Å². The highest BCUT2D eigenvalue weighted by Crippen LogP contribution is 2.58. The van der Waals surface area contributed by atoms with Crippen molar-refractivity contribution in [3.05, 3.63) is 101 Å². The molecule has 4 atom stereocenters. The van der Waals surface area contributed by atoms with Crippen LogP contribution in [0, 0.1) is 11.7 Å². The lowest BCUT2D eigenvalue weighted by atomic mass is 9.75. The Morgan fingerprint density at radius 3 is 2.37 bits per heavy atom. The molecule has 6 rings (SSSR count). The molecular weight excluding hydrogens is 481 g/mol. The van der Waals surface area contributed by atoms with Gasteiger partial charge in [0.25, 0.3) is 0 Å². The molecule has 2 N–H and O–H groups in total. The lowest BCUT2D eigenvalue weighted by Crippen LogP contribution is -2.60. The molecule has 0 aliphatic carbocycles. The Balaban J connectivity index is 1.30. The zero-order valence-corrected chi connectivity index (χ0v) is 21.2. The normalized spacial score (nSPS) is 26.1. The van der Waals surface area contributed by atoms with Gasteiger partial charge in [-0.15, -0.1) is 0 Å². The van der Waals surface area contributed by atoms with Crippen molar-refractivity contribution >= 4 is 11.8 Å². The SMILES string of the molecule is O=C(NCCc1ccccc1)[C@@H]1N(Cc2ccc(F)cc2)C(=O)[C@H]2CC3CCC21N3Cc1ccc(O)cc1. The number of aromatic hydroxyl groups is 1. The fourth-order valence-corrected chi connectivity index (χ4v) is 7.00. The highest BCUT2D eigenvalue weighted by molar-refractivity contribution is 5.96. The Bertz CT molecular complexity index is 1310. The minimum atomic E-state index is -0.634. The van der Waals surface area contributed by atoms with Crippen molar-refractivity contribution < 1.29 is 19.1 Å². The molecule has 6 nitrogen and oxygen atoms in total. The molecule has 3 aromatic carbocycles. The summed E-state index contributed by atoms with van der Waals surface area (Å²) in [6.45, 7) is 1.37. The van der Waals surface area contributed by atoms with E-state index in [9.17, 15) is 19.1 Å². The largest absolute Gasteiger partial charge is 0.508 e. The van der Waals surface area contributed by atoms with Gasteiger partial charge in [0.2, 0.25) is 11.8 Å². The topological polar surface area (TPSA) is 72.9 Å². The van der Waals surface area contributed by atoms with Gasteiger partial charge >= 0.3 is 0 Å². The number of carbonyl (C=O) groups is 2. The highest BCUT2D eigenvalue weighted by Gasteiger charge is 2.71. The molecule has 0 aromatic heterocycles. The Hall–Kier alpha value is -3.71. The first kappa shape index (κ1) is 24.6. The number of phenols is 1. The fraction of sp³-hybridized carbons (Fsp3) is 0.355. The molecule has 3 fully saturated rings. The zero-order chi connectivity index (χ0) is 26.3. The molecule has 3 aromatic rings. The Kier molecular flexibility index (Phi) is 6.40. The monoisotopic (exact) mass is 513 g/mol. The van der Waals surface area contributed by atoms with Crippen LogP contribution in [-0.4, -0.2) is 50.9 Å². The zero-order valence-electron chi connectivity index (χ0n) is 21.2. The first-order valence-corrected chi connectivity index (χ1v) is 13.4. The summed E-state index contributed by atoms with van der Waals surface area (Å²) in [4.78, 5) is 32.0. The lowest BCUT2D eigenvalue weighted by Gasteiger charge is -2.40. The number of likely N-dealkylation sites (tertiary alicyclic amines) is 1. The van der Waals surface area contributed by atoms with Crippen LogP contribution < -0.4 is 5.32 Å². The van der Waals surface area contributed by atoms with Crippen molar-refractivity contribution in [2.24, 2.45) is 5.92 Å². The molecule has 2 bridgehead atoms. The number of nitrogens with one attached hydrogen (secondary N) is 1. The van der Waals surface area contributed by atoms with Gasteiger partial charge in [0.05, 0.1) is 11.5 Å². The van der Waals surface area contributed by atoms with E-state index in [-0.39, 0.29) is 41.9 Å². The second-order valence-corrected chi connectivity index (χ2v) is 10.8. The molecule has 3 saturated heterocycles. The first-order valence-electron chi connectivity index (χ1n) is 13.4. The van der Waals surface area contributed by atoms with Crippen LogP contribution in [0.2, 0.25) is 0 Å². The first-order chi connectivity index (χ1) is 18.5. The third kappa shape index (κ3) is 4.25. The number of carbonyl (C=O) groups excluding carboxylic acids is 2. The quantitative estimate of drug-likeness (QED) is 0.477. The molecule has 38 heavy (non-hydrogen) atoms. The molecule has 3 heterocycles. The van der Waals surface area contributed by atoms with Crippen LogP contribution in [0.15, 0.2) is 78.9 Å². The van der Waals surface area contributed by atoms with Crippen molar-refractivity contribution in [1.29, 1.82) is 0 Å². The van der Waals surface area contributed by atoms with E-state index in [2.05, 4.69) is 10.2 Å². The Morgan fingerprint density at radius 1 is 0.947 bits per heavy atom. The summed E-state index contributed by atoms with van der Waals surface area (Å²) in [7, 11) is 0. The van der Waals surface area contributed by atoms with Gasteiger partial charge in [0, 0.05) is 25.7 Å². The summed E-state index contributed by atoms with van der Waals surface area (Å²) in [6, 6.07) is 23.0. The van der Waals surface area contributed by atoms with Crippen LogP contribution in [-0.2, 0) is 29.1 Å². The number of phenolic OH excluding ortho intramolecular Hbond substituents is 1. The molecule has 3 aliphatic heterocycles. The van der Waals surface area contributed by atoms with Crippen molar-refractivity contribution in [1.82, 2.24) is 15.1 Å². The second-order valence-electron chi connectivity index (χ2n) is 10.8. The van der Waals surface area contributed by atoms with Crippen LogP contribution in [0.25, 0.3) is 0 Å². The van der Waals surface area contributed by atoms with Crippen molar-refractivity contribution in [2.45, 2.75) is 56.4 Å². The van der Waals surface area contributed by atoms with Gasteiger partial charge in [-0.25, -0.2) is 4.39 Å². The van der Waals surface area contributed by atoms with Crippen LogP contribution >= 0.6 is 0 Å². The third-order valence-corrected chi connectivity index (χ3v) is 8.69. The highest BCUT2D eigenvalue weighted by atomic mass is 19.1. The number of benzene rings is 3. The standard InChI is InChI=1S/C31H32FN3O3/c32-24-10-6-22(7-11-24)19-34-28(29(37)33-17-15-21-4-2-1-3-5-21)31-16-14-25(18-27(31)30(34)38)35(31)20-23-8-12-26(36)13-9-23/h1-13,25,27-28,36H,14-20H2,(H,33,37)/t25?,27-,28+,31?/m1/s1. The predicted molar refractivity (Wildman–Crippen MR) is 141 cm³/mol. The van der Waals surface area contributed by atoms with Crippen LogP contribution in [0.3, 0.4) is 0 Å². The predicted octanol–water partition coefficient (Wildman–Crippen LogP) is 4.02. The fourth-order valence-electron chi connectivity index (χ4n) is 7.00. The summed E-state index contributed by atoms with van der Waals surface area (Å²) < 4.78 is 13.6. The lowest BCUT2D eigenvalue weighted by molar-refractivity contribution is -0.138. The molecule has 2 amide bonds. The minimum Gasteiger partial charge on any atom is -0.508 e. The van der Waals surface area contributed by atoms with Gasteiger partial charge in [-0.1, -0.05) is 54.6 Å². The number of amides is 2. The molecule has 7 heteroatoms. The summed E-state index contributed by atoms with van der Waals surface area (Å²) in [6.07, 6.45) is 3.18. The van der Waals surface area contributed by atoms with Gasteiger partial charge in [0.1, 0.15) is 17.6 Å².